The summed E-state index contributed by atoms with van der Waals surface area (Å²) in [6.45, 7) is 4.61. The lowest BCUT2D eigenvalue weighted by Gasteiger charge is -2.29. The first kappa shape index (κ1) is 52.7. The monoisotopic (exact) mass is 783 g/mol. The van der Waals surface area contributed by atoms with Crippen molar-refractivity contribution in [3.8, 4) is 0 Å². The van der Waals surface area contributed by atoms with E-state index in [0.717, 1.165) is 25.7 Å². The molecule has 0 saturated carbocycles. The van der Waals surface area contributed by atoms with Gasteiger partial charge in [-0.3, -0.25) is 9.36 Å². The SMILES string of the molecule is CCCCCCCCCCCCC=CC[C@@H](O)[C@H](COP(=O)([O-])OCC[N+](C)(C)C)NC(=O)CC=CCC=CCCCCCCCCCCCCCCC. The van der Waals surface area contributed by atoms with Crippen LogP contribution >= 0.6 is 7.82 Å². The fraction of sp³-hybridized carbons (Fsp3) is 0.844. The van der Waals surface area contributed by atoms with E-state index < -0.39 is 26.6 Å². The molecule has 0 aromatic heterocycles. The molecule has 0 aliphatic carbocycles. The lowest BCUT2D eigenvalue weighted by atomic mass is 10.0. The number of carbonyl (C=O) groups excluding carboxylic acids is 1. The summed E-state index contributed by atoms with van der Waals surface area (Å²) < 4.78 is 23.1. The average molecular weight is 783 g/mol. The van der Waals surface area contributed by atoms with Crippen molar-refractivity contribution in [2.75, 3.05) is 40.9 Å². The van der Waals surface area contributed by atoms with Gasteiger partial charge in [0, 0.05) is 6.42 Å². The zero-order chi connectivity index (χ0) is 40.0. The molecule has 318 valence electrons. The molecule has 3 atom stereocenters. The fourth-order valence-electron chi connectivity index (χ4n) is 6.28. The number of unbranched alkanes of at least 4 members (excludes halogenated alkanes) is 23. The Labute approximate surface area is 334 Å². The van der Waals surface area contributed by atoms with E-state index in [1.54, 1.807) is 0 Å². The minimum Gasteiger partial charge on any atom is -0.756 e. The highest BCUT2D eigenvalue weighted by Gasteiger charge is 2.23. The zero-order valence-corrected chi connectivity index (χ0v) is 36.8. The Morgan fingerprint density at radius 1 is 0.648 bits per heavy atom. The molecule has 9 heteroatoms. The van der Waals surface area contributed by atoms with Gasteiger partial charge < -0.3 is 28.8 Å². The van der Waals surface area contributed by atoms with E-state index in [1.807, 2.05) is 39.4 Å². The molecule has 0 aromatic rings. The van der Waals surface area contributed by atoms with Crippen LogP contribution in [0.2, 0.25) is 0 Å². The summed E-state index contributed by atoms with van der Waals surface area (Å²) in [6, 6.07) is -0.891. The number of phosphoric acid groups is 1. The van der Waals surface area contributed by atoms with Gasteiger partial charge in [0.15, 0.2) is 0 Å². The summed E-state index contributed by atoms with van der Waals surface area (Å²) in [5.74, 6) is -0.295. The highest BCUT2D eigenvalue weighted by atomic mass is 31.2. The fourth-order valence-corrected chi connectivity index (χ4v) is 7.00. The van der Waals surface area contributed by atoms with E-state index in [2.05, 4.69) is 37.4 Å². The Morgan fingerprint density at radius 2 is 1.07 bits per heavy atom. The van der Waals surface area contributed by atoms with Crippen LogP contribution in [0.1, 0.15) is 194 Å². The summed E-state index contributed by atoms with van der Waals surface area (Å²) in [5.41, 5.74) is 0. The first-order valence-corrected chi connectivity index (χ1v) is 23.8. The lowest BCUT2D eigenvalue weighted by molar-refractivity contribution is -0.870. The molecule has 0 heterocycles. The van der Waals surface area contributed by atoms with Crippen LogP contribution in [0.15, 0.2) is 36.5 Å². The van der Waals surface area contributed by atoms with Crippen LogP contribution in [0.3, 0.4) is 0 Å². The molecule has 0 aromatic carbocycles. The average Bonchev–Trinajstić information content (AvgIpc) is 3.12. The molecular formula is C45H87N2O6P. The molecule has 1 amide bonds. The topological polar surface area (TPSA) is 108 Å². The lowest BCUT2D eigenvalue weighted by Crippen LogP contribution is -2.46. The number of nitrogens with zero attached hydrogens (tertiary/aromatic N) is 1. The van der Waals surface area contributed by atoms with Crippen molar-refractivity contribution in [3.63, 3.8) is 0 Å². The normalized spacial score (nSPS) is 14.7. The van der Waals surface area contributed by atoms with Gasteiger partial charge in [-0.05, 0) is 38.5 Å². The number of allylic oxidation sites excluding steroid dienone is 4. The number of hydrogen-bond acceptors (Lipinski definition) is 6. The van der Waals surface area contributed by atoms with E-state index in [-0.39, 0.29) is 25.4 Å². The highest BCUT2D eigenvalue weighted by molar-refractivity contribution is 7.45. The first-order valence-electron chi connectivity index (χ1n) is 22.3. The van der Waals surface area contributed by atoms with E-state index in [4.69, 9.17) is 9.05 Å². The molecule has 0 aliphatic rings. The largest absolute Gasteiger partial charge is 0.756 e. The maximum Gasteiger partial charge on any atom is 0.268 e. The Bertz CT molecular complexity index is 980. The van der Waals surface area contributed by atoms with Crippen molar-refractivity contribution in [2.45, 2.75) is 206 Å². The van der Waals surface area contributed by atoms with Crippen LogP contribution in [-0.2, 0) is 18.4 Å². The Kier molecular flexibility index (Phi) is 36.4. The maximum atomic E-state index is 12.8. The quantitative estimate of drug-likeness (QED) is 0.0277. The Morgan fingerprint density at radius 3 is 1.54 bits per heavy atom. The molecule has 0 bridgehead atoms. The minimum atomic E-state index is -4.60. The Hall–Kier alpha value is -1.28. The van der Waals surface area contributed by atoms with Gasteiger partial charge in [0.1, 0.15) is 13.2 Å². The number of aliphatic hydroxyl groups is 1. The van der Waals surface area contributed by atoms with Crippen molar-refractivity contribution in [3.05, 3.63) is 36.5 Å². The summed E-state index contributed by atoms with van der Waals surface area (Å²) in [5, 5.41) is 13.7. The Balaban J connectivity index is 4.48. The third kappa shape index (κ3) is 39.0. The van der Waals surface area contributed by atoms with Crippen molar-refractivity contribution in [1.82, 2.24) is 5.32 Å². The highest BCUT2D eigenvalue weighted by Crippen LogP contribution is 2.38. The number of likely N-dealkylation sites (N-methyl/N-ethyl adjacent to an activating group) is 1. The number of nitrogens with one attached hydrogen (secondary N) is 1. The van der Waals surface area contributed by atoms with Gasteiger partial charge in [-0.1, -0.05) is 185 Å². The number of aliphatic hydroxyl groups excluding tert-OH is 1. The van der Waals surface area contributed by atoms with Crippen molar-refractivity contribution >= 4 is 13.7 Å². The predicted octanol–water partition coefficient (Wildman–Crippen LogP) is 11.7. The van der Waals surface area contributed by atoms with Crippen LogP contribution in [0, 0.1) is 0 Å². The van der Waals surface area contributed by atoms with Gasteiger partial charge in [0.05, 0.1) is 39.9 Å². The molecule has 2 N–H and O–H groups in total. The van der Waals surface area contributed by atoms with E-state index in [9.17, 15) is 19.4 Å². The van der Waals surface area contributed by atoms with Crippen molar-refractivity contribution < 1.29 is 32.9 Å². The van der Waals surface area contributed by atoms with Gasteiger partial charge in [-0.25, -0.2) is 0 Å². The van der Waals surface area contributed by atoms with Gasteiger partial charge in [0.2, 0.25) is 5.91 Å². The number of carbonyl (C=O) groups is 1. The van der Waals surface area contributed by atoms with Crippen LogP contribution < -0.4 is 10.2 Å². The molecule has 8 nitrogen and oxygen atoms in total. The van der Waals surface area contributed by atoms with E-state index in [0.29, 0.717) is 11.0 Å². The smallest absolute Gasteiger partial charge is 0.268 e. The minimum absolute atomic E-state index is 0.00973. The number of amides is 1. The van der Waals surface area contributed by atoms with Crippen LogP contribution in [0.4, 0.5) is 0 Å². The predicted molar refractivity (Wildman–Crippen MR) is 228 cm³/mol. The molecule has 0 aliphatic heterocycles. The van der Waals surface area contributed by atoms with Gasteiger partial charge >= 0.3 is 0 Å². The summed E-state index contributed by atoms with van der Waals surface area (Å²) >= 11 is 0. The standard InChI is InChI=1S/C45H87N2O6P/c1-6-8-10-12-14-16-18-20-21-22-23-24-25-27-29-31-33-35-37-39-45(49)46-43(42-53-54(50,51)52-41-40-47(3,4)5)44(48)38-36-34-32-30-28-26-19-17-15-13-11-9-7-2/h29,31,34-37,43-44,48H,6-28,30,32-33,38-42H2,1-5H3,(H-,46,49,50,51)/t43-,44+/m0/s1. The van der Waals surface area contributed by atoms with Crippen LogP contribution in [0.5, 0.6) is 0 Å². The third-order valence-electron chi connectivity index (χ3n) is 9.89. The van der Waals surface area contributed by atoms with Crippen LogP contribution in [-0.4, -0.2) is 68.5 Å². The molecule has 0 saturated heterocycles. The molecule has 1 unspecified atom stereocenters. The van der Waals surface area contributed by atoms with Gasteiger partial charge in [-0.15, -0.1) is 0 Å². The maximum absolute atomic E-state index is 12.8. The third-order valence-corrected chi connectivity index (χ3v) is 10.9. The summed E-state index contributed by atoms with van der Waals surface area (Å²) in [6.07, 6.45) is 44.9. The molecule has 54 heavy (non-hydrogen) atoms. The van der Waals surface area contributed by atoms with Crippen LogP contribution in [0.25, 0.3) is 0 Å². The second-order valence-corrected chi connectivity index (χ2v) is 17.8. The van der Waals surface area contributed by atoms with E-state index >= 15 is 0 Å². The number of quaternary nitrogens is 1. The second kappa shape index (κ2) is 37.3. The first-order chi connectivity index (χ1) is 26.0. The zero-order valence-electron chi connectivity index (χ0n) is 35.9. The number of phosphoric ester groups is 1. The number of rotatable bonds is 40. The van der Waals surface area contributed by atoms with Crippen molar-refractivity contribution in [2.24, 2.45) is 0 Å². The molecule has 0 radical (unpaired) electrons. The van der Waals surface area contributed by atoms with Gasteiger partial charge in [0.25, 0.3) is 7.82 Å². The summed E-state index contributed by atoms with van der Waals surface area (Å²) in [7, 11) is 1.23. The second-order valence-electron chi connectivity index (χ2n) is 16.4. The van der Waals surface area contributed by atoms with Crippen molar-refractivity contribution in [1.29, 1.82) is 0 Å². The molecular weight excluding hydrogens is 695 g/mol. The molecule has 0 rings (SSSR count). The number of hydrogen-bond donors (Lipinski definition) is 2. The van der Waals surface area contributed by atoms with E-state index in [1.165, 1.54) is 141 Å². The molecule has 0 fully saturated rings. The molecule has 0 spiro atoms. The summed E-state index contributed by atoms with van der Waals surface area (Å²) in [4.78, 5) is 25.2. The van der Waals surface area contributed by atoms with Gasteiger partial charge in [-0.2, -0.15) is 0 Å².